The Balaban J connectivity index is 1.74. The van der Waals surface area contributed by atoms with Gasteiger partial charge in [-0.15, -0.1) is 5.10 Å². The van der Waals surface area contributed by atoms with Crippen LogP contribution in [0.3, 0.4) is 0 Å². The van der Waals surface area contributed by atoms with Crippen molar-refractivity contribution in [3.05, 3.63) is 29.3 Å². The number of aryl methyl sites for hydroxylation is 1. The molecule has 2 aromatic heterocycles. The van der Waals surface area contributed by atoms with Gasteiger partial charge < -0.3 is 14.8 Å². The van der Waals surface area contributed by atoms with E-state index in [-0.39, 0.29) is 30.2 Å². The summed E-state index contributed by atoms with van der Waals surface area (Å²) in [5.41, 5.74) is 3.92. The van der Waals surface area contributed by atoms with Crippen molar-refractivity contribution in [2.24, 2.45) is 4.99 Å². The number of halogens is 1. The van der Waals surface area contributed by atoms with Gasteiger partial charge in [-0.3, -0.25) is 0 Å². The zero-order valence-corrected chi connectivity index (χ0v) is 17.9. The molecule has 8 heteroatoms. The minimum atomic E-state index is -1.30. The van der Waals surface area contributed by atoms with Crippen LogP contribution in [0.1, 0.15) is 44.7 Å². The maximum Gasteiger partial charge on any atom is 0.342 e. The Labute approximate surface area is 174 Å². The Bertz CT molecular complexity index is 1140. The van der Waals surface area contributed by atoms with Crippen LogP contribution in [-0.4, -0.2) is 45.3 Å². The van der Waals surface area contributed by atoms with Crippen molar-refractivity contribution in [1.29, 1.82) is 0 Å². The van der Waals surface area contributed by atoms with Gasteiger partial charge in [0, 0.05) is 36.7 Å². The van der Waals surface area contributed by atoms with Crippen molar-refractivity contribution in [3.63, 3.8) is 0 Å². The number of rotatable bonds is 4. The normalized spacial score (nSPS) is 19.1. The van der Waals surface area contributed by atoms with Crippen molar-refractivity contribution < 1.29 is 13.9 Å². The predicted molar refractivity (Wildman–Crippen MR) is 115 cm³/mol. The molecule has 0 amide bonds. The van der Waals surface area contributed by atoms with Gasteiger partial charge in [-0.05, 0) is 41.7 Å². The molecule has 0 radical (unpaired) electrons. The summed E-state index contributed by atoms with van der Waals surface area (Å²) >= 11 is 0. The molecule has 0 aliphatic heterocycles. The molecule has 1 fully saturated rings. The molecule has 7 nitrogen and oxygen atoms in total. The molecule has 0 bridgehead atoms. The summed E-state index contributed by atoms with van der Waals surface area (Å²) in [6.07, 6.45) is 0.356. The molecule has 1 aliphatic carbocycles. The van der Waals surface area contributed by atoms with Crippen LogP contribution in [0.15, 0.2) is 27.6 Å². The first-order valence-electron chi connectivity index (χ1n) is 9.94. The molecule has 2 N–H and O–H groups in total. The Morgan fingerprint density at radius 1 is 1.23 bits per heavy atom. The van der Waals surface area contributed by atoms with Gasteiger partial charge >= 0.3 is 6.01 Å². The third-order valence-corrected chi connectivity index (χ3v) is 5.42. The molecule has 1 aromatic carbocycles. The number of anilines is 1. The van der Waals surface area contributed by atoms with Gasteiger partial charge in [-0.2, -0.15) is 0 Å². The van der Waals surface area contributed by atoms with Crippen molar-refractivity contribution in [2.75, 3.05) is 19.0 Å². The van der Waals surface area contributed by atoms with Crippen LogP contribution in [0, 0.1) is 6.92 Å². The molecular formula is C22H26FN5O2. The van der Waals surface area contributed by atoms with Gasteiger partial charge in [0.2, 0.25) is 0 Å². The minimum Gasteiger partial charge on any atom is -0.400 e. The topological polar surface area (TPSA) is 96.4 Å². The van der Waals surface area contributed by atoms with E-state index in [1.54, 1.807) is 0 Å². The van der Waals surface area contributed by atoms with Crippen molar-refractivity contribution in [3.8, 4) is 11.6 Å². The fourth-order valence-electron chi connectivity index (χ4n) is 3.70. The number of alkyl halides is 1. The SMILES string of the molecule is CNc1cc(C(C)(C)C)c2nc(-c3nnc(N=C4CC(O)(CF)C4)o3)cc(C)c2c1. The van der Waals surface area contributed by atoms with Gasteiger partial charge in [0.1, 0.15) is 18.0 Å². The summed E-state index contributed by atoms with van der Waals surface area (Å²) in [6.45, 7) is 7.71. The molecule has 3 aromatic rings. The molecule has 30 heavy (non-hydrogen) atoms. The first-order chi connectivity index (χ1) is 14.1. The zero-order chi connectivity index (χ0) is 21.7. The summed E-state index contributed by atoms with van der Waals surface area (Å²) < 4.78 is 18.4. The van der Waals surface area contributed by atoms with E-state index in [0.29, 0.717) is 11.4 Å². The highest BCUT2D eigenvalue weighted by Gasteiger charge is 2.40. The molecule has 4 rings (SSSR count). The average Bonchev–Trinajstić information content (AvgIpc) is 3.13. The van der Waals surface area contributed by atoms with Gasteiger partial charge in [-0.1, -0.05) is 25.9 Å². The highest BCUT2D eigenvalue weighted by molar-refractivity contribution is 5.94. The smallest absolute Gasteiger partial charge is 0.342 e. The standard InChI is InChI=1S/C22H26FN5O2/c1-12-6-17(19-27-28-20(30-19)25-14-9-22(29,10-14)11-23)26-18-15(12)7-13(24-5)8-16(18)21(2,3)4/h6-8,24,29H,9-11H2,1-5H3. The van der Waals surface area contributed by atoms with Gasteiger partial charge in [0.25, 0.3) is 5.89 Å². The van der Waals surface area contributed by atoms with Crippen LogP contribution in [0.2, 0.25) is 0 Å². The number of nitrogens with zero attached hydrogens (tertiary/aromatic N) is 4. The van der Waals surface area contributed by atoms with Crippen molar-refractivity contribution in [1.82, 2.24) is 15.2 Å². The number of aromatic nitrogens is 3. The lowest BCUT2D eigenvalue weighted by atomic mass is 9.79. The maximum atomic E-state index is 12.7. The average molecular weight is 411 g/mol. The van der Waals surface area contributed by atoms with E-state index in [1.807, 2.05) is 20.0 Å². The summed E-state index contributed by atoms with van der Waals surface area (Å²) in [4.78, 5) is 9.08. The molecule has 1 saturated carbocycles. The first kappa shape index (κ1) is 20.4. The van der Waals surface area contributed by atoms with E-state index in [1.165, 1.54) is 0 Å². The number of pyridine rings is 1. The summed E-state index contributed by atoms with van der Waals surface area (Å²) in [5.74, 6) is 0.275. The van der Waals surface area contributed by atoms with Gasteiger partial charge in [-0.25, -0.2) is 14.4 Å². The Morgan fingerprint density at radius 3 is 2.60 bits per heavy atom. The maximum absolute atomic E-state index is 12.7. The molecule has 0 saturated heterocycles. The van der Waals surface area contributed by atoms with Crippen molar-refractivity contribution >= 4 is 28.3 Å². The van der Waals surface area contributed by atoms with E-state index in [9.17, 15) is 9.50 Å². The second-order valence-electron chi connectivity index (χ2n) is 9.02. The predicted octanol–water partition coefficient (Wildman–Crippen LogP) is 4.50. The van der Waals surface area contributed by atoms with E-state index in [4.69, 9.17) is 9.40 Å². The number of hydrogen-bond acceptors (Lipinski definition) is 7. The highest BCUT2D eigenvalue weighted by Crippen LogP contribution is 2.36. The van der Waals surface area contributed by atoms with Crippen LogP contribution < -0.4 is 5.32 Å². The zero-order valence-electron chi connectivity index (χ0n) is 17.9. The van der Waals surface area contributed by atoms with Gasteiger partial charge in [0.05, 0.1) is 5.52 Å². The molecule has 1 aliphatic rings. The second-order valence-corrected chi connectivity index (χ2v) is 9.02. The molecule has 158 valence electrons. The fraction of sp³-hybridized carbons (Fsp3) is 0.455. The van der Waals surface area contributed by atoms with Gasteiger partial charge in [0.15, 0.2) is 0 Å². The van der Waals surface area contributed by atoms with E-state index < -0.39 is 12.3 Å². The van der Waals surface area contributed by atoms with Crippen LogP contribution in [0.5, 0.6) is 0 Å². The Morgan fingerprint density at radius 2 is 1.97 bits per heavy atom. The fourth-order valence-corrected chi connectivity index (χ4v) is 3.70. The highest BCUT2D eigenvalue weighted by atomic mass is 19.1. The Kier molecular flexibility index (Phi) is 4.85. The summed E-state index contributed by atoms with van der Waals surface area (Å²) in [5, 5.41) is 22.1. The molecular weight excluding hydrogens is 385 g/mol. The third-order valence-electron chi connectivity index (χ3n) is 5.42. The molecule has 2 heterocycles. The monoisotopic (exact) mass is 411 g/mol. The summed E-state index contributed by atoms with van der Waals surface area (Å²) in [7, 11) is 1.91. The lowest BCUT2D eigenvalue weighted by Gasteiger charge is -2.34. The van der Waals surface area contributed by atoms with Crippen LogP contribution >= 0.6 is 0 Å². The van der Waals surface area contributed by atoms with Crippen LogP contribution in [0.4, 0.5) is 16.1 Å². The number of hydrogen-bond donors (Lipinski definition) is 2. The molecule has 0 unspecified atom stereocenters. The van der Waals surface area contributed by atoms with Crippen molar-refractivity contribution in [2.45, 2.75) is 51.6 Å². The number of fused-ring (bicyclic) bond motifs is 1. The number of nitrogens with one attached hydrogen (secondary N) is 1. The lowest BCUT2D eigenvalue weighted by molar-refractivity contribution is 0.00593. The molecule has 0 atom stereocenters. The quantitative estimate of drug-likeness (QED) is 0.656. The minimum absolute atomic E-state index is 0.0852. The Hall–Kier alpha value is -2.87. The summed E-state index contributed by atoms with van der Waals surface area (Å²) in [6, 6.07) is 6.21. The lowest BCUT2D eigenvalue weighted by Crippen LogP contribution is -2.46. The first-order valence-corrected chi connectivity index (χ1v) is 9.94. The number of aliphatic imine (C=N–C) groups is 1. The van der Waals surface area contributed by atoms with E-state index in [2.05, 4.69) is 53.4 Å². The van der Waals surface area contributed by atoms with Crippen LogP contribution in [-0.2, 0) is 5.41 Å². The van der Waals surface area contributed by atoms with Crippen LogP contribution in [0.25, 0.3) is 22.5 Å². The number of aliphatic hydroxyl groups is 1. The number of benzene rings is 1. The molecule has 0 spiro atoms. The third kappa shape index (κ3) is 3.67. The largest absolute Gasteiger partial charge is 0.400 e. The second kappa shape index (κ2) is 7.12. The van der Waals surface area contributed by atoms with E-state index in [0.717, 1.165) is 27.7 Å². The van der Waals surface area contributed by atoms with E-state index >= 15 is 0 Å².